The summed E-state index contributed by atoms with van der Waals surface area (Å²) in [7, 11) is 0. The van der Waals surface area contributed by atoms with E-state index >= 15 is 0 Å². The minimum absolute atomic E-state index is 0.146. The maximum Gasteiger partial charge on any atom is 0.340 e. The highest BCUT2D eigenvalue weighted by atomic mass is 16.7. The van der Waals surface area contributed by atoms with Crippen molar-refractivity contribution in [2.24, 2.45) is 0 Å². The lowest BCUT2D eigenvalue weighted by molar-refractivity contribution is -0.112. The highest BCUT2D eigenvalue weighted by Crippen LogP contribution is 2.22. The van der Waals surface area contributed by atoms with Crippen LogP contribution in [0, 0.1) is 0 Å². The Hall–Kier alpha value is -2.66. The summed E-state index contributed by atoms with van der Waals surface area (Å²) in [5.74, 6) is -0.800. The molecule has 1 fully saturated rings. The topological polar surface area (TPSA) is 61.8 Å². The first-order valence-electron chi connectivity index (χ1n) is 7.86. The van der Waals surface area contributed by atoms with Gasteiger partial charge in [0.1, 0.15) is 6.61 Å². The molecule has 0 amide bonds. The first kappa shape index (κ1) is 16.2. The molecule has 1 heterocycles. The molecule has 1 aliphatic heterocycles. The summed E-state index contributed by atoms with van der Waals surface area (Å²) in [5.41, 5.74) is 0.989. The Morgan fingerprint density at radius 1 is 0.875 bits per heavy atom. The Morgan fingerprint density at radius 3 is 2.08 bits per heavy atom. The zero-order chi connectivity index (χ0) is 16.8. The van der Waals surface area contributed by atoms with Gasteiger partial charge in [-0.15, -0.1) is 0 Å². The van der Waals surface area contributed by atoms with Gasteiger partial charge in [-0.25, -0.2) is 9.59 Å². The van der Waals surface area contributed by atoms with Crippen molar-refractivity contribution in [2.75, 3.05) is 6.61 Å². The number of hydrogen-bond donors (Lipinski definition) is 0. The molecule has 0 spiro atoms. The van der Waals surface area contributed by atoms with Gasteiger partial charge in [-0.1, -0.05) is 36.4 Å². The van der Waals surface area contributed by atoms with Gasteiger partial charge < -0.3 is 14.2 Å². The number of rotatable bonds is 5. The molecule has 24 heavy (non-hydrogen) atoms. The zero-order valence-electron chi connectivity index (χ0n) is 13.1. The minimum atomic E-state index is -0.599. The summed E-state index contributed by atoms with van der Waals surface area (Å²) >= 11 is 0. The summed E-state index contributed by atoms with van der Waals surface area (Å²) in [6.45, 7) is 0.146. The Bertz CT molecular complexity index is 683. The number of esters is 2. The summed E-state index contributed by atoms with van der Waals surface area (Å²) < 4.78 is 16.2. The van der Waals surface area contributed by atoms with E-state index < -0.39 is 12.3 Å². The largest absolute Gasteiger partial charge is 0.459 e. The van der Waals surface area contributed by atoms with Gasteiger partial charge in [-0.05, 0) is 30.7 Å². The molecule has 2 aromatic carbocycles. The van der Waals surface area contributed by atoms with Crippen molar-refractivity contribution in [1.82, 2.24) is 0 Å². The molecule has 0 aliphatic carbocycles. The third kappa shape index (κ3) is 4.20. The molecule has 124 valence electrons. The van der Waals surface area contributed by atoms with Gasteiger partial charge in [0.05, 0.1) is 17.2 Å². The van der Waals surface area contributed by atoms with Gasteiger partial charge >= 0.3 is 11.9 Å². The molecule has 0 N–H and O–H groups in total. The third-order valence-corrected chi connectivity index (χ3v) is 3.73. The van der Waals surface area contributed by atoms with Crippen LogP contribution >= 0.6 is 0 Å². The lowest BCUT2D eigenvalue weighted by Gasteiger charge is -2.14. The molecule has 1 aliphatic rings. The quantitative estimate of drug-likeness (QED) is 0.790. The van der Waals surface area contributed by atoms with Crippen LogP contribution in [0.5, 0.6) is 0 Å². The van der Waals surface area contributed by atoms with Crippen molar-refractivity contribution in [3.8, 4) is 0 Å². The van der Waals surface area contributed by atoms with Crippen molar-refractivity contribution in [2.45, 2.75) is 25.2 Å². The molecule has 0 bridgehead atoms. The van der Waals surface area contributed by atoms with Crippen LogP contribution in [0.3, 0.4) is 0 Å². The molecule has 1 saturated heterocycles. The van der Waals surface area contributed by atoms with Crippen molar-refractivity contribution in [3.63, 3.8) is 0 Å². The molecule has 0 radical (unpaired) electrons. The van der Waals surface area contributed by atoms with Crippen LogP contribution < -0.4 is 0 Å². The minimum Gasteiger partial charge on any atom is -0.459 e. The zero-order valence-corrected chi connectivity index (χ0v) is 13.1. The summed E-state index contributed by atoms with van der Waals surface area (Å²) in [4.78, 5) is 23.9. The molecule has 5 heteroatoms. The highest BCUT2D eigenvalue weighted by Gasteiger charge is 2.29. The fourth-order valence-corrected chi connectivity index (χ4v) is 2.47. The van der Waals surface area contributed by atoms with Gasteiger partial charge in [0, 0.05) is 6.42 Å². The van der Waals surface area contributed by atoms with E-state index in [0.29, 0.717) is 24.0 Å². The highest BCUT2D eigenvalue weighted by molar-refractivity contribution is 5.89. The molecule has 3 rings (SSSR count). The van der Waals surface area contributed by atoms with E-state index in [1.807, 2.05) is 12.1 Å². The Morgan fingerprint density at radius 2 is 1.46 bits per heavy atom. The van der Waals surface area contributed by atoms with E-state index in [1.165, 1.54) is 0 Å². The third-order valence-electron chi connectivity index (χ3n) is 3.73. The molecule has 2 aromatic rings. The van der Waals surface area contributed by atoms with Crippen molar-refractivity contribution in [3.05, 3.63) is 71.8 Å². The predicted molar refractivity (Wildman–Crippen MR) is 86.5 cm³/mol. The van der Waals surface area contributed by atoms with E-state index in [0.717, 1.165) is 0 Å². The molecular formula is C19H18O5. The number of carbonyl (C=O) groups excluding carboxylic acids is 2. The number of carbonyl (C=O) groups is 2. The van der Waals surface area contributed by atoms with E-state index in [1.54, 1.807) is 48.5 Å². The number of hydrogen-bond acceptors (Lipinski definition) is 5. The second-order valence-electron chi connectivity index (χ2n) is 5.50. The van der Waals surface area contributed by atoms with E-state index in [9.17, 15) is 9.59 Å². The van der Waals surface area contributed by atoms with Crippen LogP contribution in [-0.2, 0) is 14.2 Å². The Balaban J connectivity index is 1.44. The van der Waals surface area contributed by atoms with Gasteiger partial charge in [-0.3, -0.25) is 0 Å². The van der Waals surface area contributed by atoms with Crippen molar-refractivity contribution in [1.29, 1.82) is 0 Å². The van der Waals surface area contributed by atoms with Crippen LogP contribution in [0.25, 0.3) is 0 Å². The molecule has 0 saturated carbocycles. The maximum absolute atomic E-state index is 12.0. The van der Waals surface area contributed by atoms with Crippen LogP contribution in [0.1, 0.15) is 33.6 Å². The van der Waals surface area contributed by atoms with Crippen molar-refractivity contribution < 1.29 is 23.8 Å². The fourth-order valence-electron chi connectivity index (χ4n) is 2.47. The maximum atomic E-state index is 12.0. The van der Waals surface area contributed by atoms with Gasteiger partial charge in [0.25, 0.3) is 0 Å². The number of benzene rings is 2. The first-order valence-corrected chi connectivity index (χ1v) is 7.86. The molecule has 0 unspecified atom stereocenters. The first-order chi connectivity index (χ1) is 11.7. The summed E-state index contributed by atoms with van der Waals surface area (Å²) in [5, 5.41) is 0. The van der Waals surface area contributed by atoms with Crippen LogP contribution in [0.15, 0.2) is 60.7 Å². The molecule has 0 aromatic heterocycles. The van der Waals surface area contributed by atoms with Crippen LogP contribution in [-0.4, -0.2) is 30.9 Å². The normalized spacial score (nSPS) is 19.7. The lowest BCUT2D eigenvalue weighted by atomic mass is 10.2. The van der Waals surface area contributed by atoms with Gasteiger partial charge in [0.2, 0.25) is 6.29 Å². The lowest BCUT2D eigenvalue weighted by Crippen LogP contribution is -2.22. The smallest absolute Gasteiger partial charge is 0.340 e. The Kier molecular flexibility index (Phi) is 5.23. The van der Waals surface area contributed by atoms with E-state index in [4.69, 9.17) is 14.2 Å². The van der Waals surface area contributed by atoms with Crippen LogP contribution in [0.4, 0.5) is 0 Å². The standard InChI is InChI=1S/C19H18O5/c20-18(14-7-3-1-4-8-14)22-13-16-11-12-17(23-16)24-19(21)15-9-5-2-6-10-15/h1-10,16-17H,11-13H2/t16-,17+/m1/s1. The number of ether oxygens (including phenoxy) is 3. The second kappa shape index (κ2) is 7.75. The van der Waals surface area contributed by atoms with E-state index in [-0.39, 0.29) is 18.7 Å². The molecule has 2 atom stereocenters. The van der Waals surface area contributed by atoms with Crippen molar-refractivity contribution >= 4 is 11.9 Å². The average molecular weight is 326 g/mol. The molecular weight excluding hydrogens is 308 g/mol. The Labute approximate surface area is 140 Å². The van der Waals surface area contributed by atoms with E-state index in [2.05, 4.69) is 0 Å². The summed E-state index contributed by atoms with van der Waals surface area (Å²) in [6, 6.07) is 17.6. The van der Waals surface area contributed by atoms with Gasteiger partial charge in [0.15, 0.2) is 0 Å². The van der Waals surface area contributed by atoms with Crippen LogP contribution in [0.2, 0.25) is 0 Å². The van der Waals surface area contributed by atoms with Gasteiger partial charge in [-0.2, -0.15) is 0 Å². The monoisotopic (exact) mass is 326 g/mol. The summed E-state index contributed by atoms with van der Waals surface area (Å²) in [6.07, 6.45) is 0.408. The fraction of sp³-hybridized carbons (Fsp3) is 0.263. The molecule has 5 nitrogen and oxygen atoms in total. The SMILES string of the molecule is O=C(OC[C@H]1CC[C@H](OC(=O)c2ccccc2)O1)c1ccccc1. The average Bonchev–Trinajstić information content (AvgIpc) is 3.08. The second-order valence-corrected chi connectivity index (χ2v) is 5.50. The predicted octanol–water partition coefficient (Wildman–Crippen LogP) is 3.21.